The third-order valence-corrected chi connectivity index (χ3v) is 4.18. The summed E-state index contributed by atoms with van der Waals surface area (Å²) in [7, 11) is 0. The summed E-state index contributed by atoms with van der Waals surface area (Å²) in [6, 6.07) is 1.43. The summed E-state index contributed by atoms with van der Waals surface area (Å²) in [5, 5.41) is 3.61. The van der Waals surface area contributed by atoms with E-state index in [9.17, 15) is 0 Å². The molecule has 0 radical (unpaired) electrons. The van der Waals surface area contributed by atoms with Gasteiger partial charge in [-0.3, -0.25) is 4.90 Å². The van der Waals surface area contributed by atoms with Gasteiger partial charge in [0.1, 0.15) is 0 Å². The first-order chi connectivity index (χ1) is 8.18. The average Bonchev–Trinajstić information content (AvgIpc) is 2.25. The van der Waals surface area contributed by atoms with Crippen molar-refractivity contribution in [1.82, 2.24) is 10.2 Å². The van der Waals surface area contributed by atoms with E-state index in [-0.39, 0.29) is 0 Å². The van der Waals surface area contributed by atoms with Gasteiger partial charge in [0.05, 0.1) is 13.2 Å². The van der Waals surface area contributed by atoms with Crippen LogP contribution in [0.25, 0.3) is 0 Å². The van der Waals surface area contributed by atoms with Crippen LogP contribution in [-0.2, 0) is 4.74 Å². The highest BCUT2D eigenvalue weighted by molar-refractivity contribution is 4.92. The minimum Gasteiger partial charge on any atom is -0.379 e. The van der Waals surface area contributed by atoms with Crippen molar-refractivity contribution in [3.05, 3.63) is 0 Å². The maximum Gasteiger partial charge on any atom is 0.0619 e. The van der Waals surface area contributed by atoms with Crippen molar-refractivity contribution in [2.24, 2.45) is 11.8 Å². The summed E-state index contributed by atoms with van der Waals surface area (Å²) in [5.74, 6) is 1.63. The molecule has 0 aromatic carbocycles. The fourth-order valence-corrected chi connectivity index (χ4v) is 3.02. The summed E-state index contributed by atoms with van der Waals surface area (Å²) in [6.45, 7) is 12.2. The molecule has 0 bridgehead atoms. The van der Waals surface area contributed by atoms with Crippen molar-refractivity contribution in [3.8, 4) is 0 Å². The third-order valence-electron chi connectivity index (χ3n) is 4.18. The fraction of sp³-hybridized carbons (Fsp3) is 1.00. The molecular formula is C14H28N2O. The monoisotopic (exact) mass is 240 g/mol. The maximum atomic E-state index is 5.52. The number of hydrogen-bond acceptors (Lipinski definition) is 3. The van der Waals surface area contributed by atoms with Gasteiger partial charge in [-0.2, -0.15) is 0 Å². The molecule has 1 saturated heterocycles. The van der Waals surface area contributed by atoms with Crippen LogP contribution in [0.15, 0.2) is 0 Å². The van der Waals surface area contributed by atoms with Crippen molar-refractivity contribution < 1.29 is 4.74 Å². The van der Waals surface area contributed by atoms with Gasteiger partial charge >= 0.3 is 0 Å². The van der Waals surface area contributed by atoms with E-state index in [2.05, 4.69) is 31.0 Å². The number of nitrogens with one attached hydrogen (secondary N) is 1. The van der Waals surface area contributed by atoms with Gasteiger partial charge in [-0.1, -0.05) is 13.8 Å². The van der Waals surface area contributed by atoms with Crippen molar-refractivity contribution >= 4 is 0 Å². The lowest BCUT2D eigenvalue weighted by Crippen LogP contribution is -2.57. The zero-order valence-corrected chi connectivity index (χ0v) is 11.6. The maximum absolute atomic E-state index is 5.52. The summed E-state index contributed by atoms with van der Waals surface area (Å²) in [6.07, 6.45) is 2.79. The molecule has 2 aliphatic rings. The minimum atomic E-state index is 0.613. The van der Waals surface area contributed by atoms with Gasteiger partial charge in [-0.05, 0) is 44.7 Å². The molecule has 3 unspecified atom stereocenters. The smallest absolute Gasteiger partial charge is 0.0619 e. The van der Waals surface area contributed by atoms with Crippen LogP contribution in [0.5, 0.6) is 0 Å². The Bertz CT molecular complexity index is 232. The standard InChI is InChI=1S/C14H28N2O/c1-11(2)8-15-9-13-4-5-14(13)16-6-7-17-10-12(16)3/h11-15H,4-10H2,1-3H3. The molecular weight excluding hydrogens is 212 g/mol. The van der Waals surface area contributed by atoms with Gasteiger partial charge < -0.3 is 10.1 Å². The number of nitrogens with zero attached hydrogens (tertiary/aromatic N) is 1. The third kappa shape index (κ3) is 3.43. The number of rotatable bonds is 5. The van der Waals surface area contributed by atoms with E-state index in [0.29, 0.717) is 6.04 Å². The van der Waals surface area contributed by atoms with Crippen LogP contribution in [0.1, 0.15) is 33.6 Å². The highest BCUT2D eigenvalue weighted by Gasteiger charge is 2.37. The second-order valence-corrected chi connectivity index (χ2v) is 6.12. The second-order valence-electron chi connectivity index (χ2n) is 6.12. The summed E-state index contributed by atoms with van der Waals surface area (Å²) < 4.78 is 5.52. The summed E-state index contributed by atoms with van der Waals surface area (Å²) in [4.78, 5) is 2.68. The lowest BCUT2D eigenvalue weighted by molar-refractivity contribution is -0.0588. The summed E-state index contributed by atoms with van der Waals surface area (Å²) in [5.41, 5.74) is 0. The van der Waals surface area contributed by atoms with Crippen molar-refractivity contribution in [2.75, 3.05) is 32.8 Å². The Morgan fingerprint density at radius 3 is 2.76 bits per heavy atom. The molecule has 3 atom stereocenters. The first-order valence-electron chi connectivity index (χ1n) is 7.22. The van der Waals surface area contributed by atoms with E-state index >= 15 is 0 Å². The normalized spacial score (nSPS) is 34.9. The predicted octanol–water partition coefficient (Wildman–Crippen LogP) is 1.73. The van der Waals surface area contributed by atoms with Crippen molar-refractivity contribution in [2.45, 2.75) is 45.7 Å². The molecule has 17 heavy (non-hydrogen) atoms. The van der Waals surface area contributed by atoms with Crippen LogP contribution < -0.4 is 5.32 Å². The topological polar surface area (TPSA) is 24.5 Å². The molecule has 0 spiro atoms. The van der Waals surface area contributed by atoms with Crippen LogP contribution in [0.3, 0.4) is 0 Å². The van der Waals surface area contributed by atoms with Crippen molar-refractivity contribution in [3.63, 3.8) is 0 Å². The number of ether oxygens (including phenoxy) is 1. The van der Waals surface area contributed by atoms with E-state index < -0.39 is 0 Å². The van der Waals surface area contributed by atoms with Gasteiger partial charge in [-0.25, -0.2) is 0 Å². The molecule has 2 fully saturated rings. The van der Waals surface area contributed by atoms with E-state index in [1.807, 2.05) is 0 Å². The SMILES string of the molecule is CC(C)CNCC1CCC1N1CCOCC1C. The molecule has 0 aromatic heterocycles. The van der Waals surface area contributed by atoms with Crippen LogP contribution in [0.2, 0.25) is 0 Å². The zero-order valence-electron chi connectivity index (χ0n) is 11.6. The quantitative estimate of drug-likeness (QED) is 0.792. The van der Waals surface area contributed by atoms with E-state index in [4.69, 9.17) is 4.74 Å². The molecule has 1 saturated carbocycles. The molecule has 3 heteroatoms. The van der Waals surface area contributed by atoms with Crippen LogP contribution in [0.4, 0.5) is 0 Å². The number of morpholine rings is 1. The Morgan fingerprint density at radius 2 is 2.18 bits per heavy atom. The Morgan fingerprint density at radius 1 is 1.35 bits per heavy atom. The fourth-order valence-electron chi connectivity index (χ4n) is 3.02. The van der Waals surface area contributed by atoms with E-state index in [0.717, 1.165) is 44.2 Å². The first-order valence-corrected chi connectivity index (χ1v) is 7.22. The Labute approximate surface area is 106 Å². The van der Waals surface area contributed by atoms with Crippen LogP contribution in [-0.4, -0.2) is 49.8 Å². The van der Waals surface area contributed by atoms with Crippen LogP contribution in [0, 0.1) is 11.8 Å². The lowest BCUT2D eigenvalue weighted by atomic mass is 9.77. The van der Waals surface area contributed by atoms with E-state index in [1.165, 1.54) is 19.4 Å². The highest BCUT2D eigenvalue weighted by Crippen LogP contribution is 2.33. The van der Waals surface area contributed by atoms with E-state index in [1.54, 1.807) is 0 Å². The molecule has 0 aromatic rings. The number of hydrogen-bond donors (Lipinski definition) is 1. The molecule has 0 amide bonds. The minimum absolute atomic E-state index is 0.613. The molecule has 1 aliphatic carbocycles. The highest BCUT2D eigenvalue weighted by atomic mass is 16.5. The summed E-state index contributed by atoms with van der Waals surface area (Å²) >= 11 is 0. The molecule has 3 nitrogen and oxygen atoms in total. The first kappa shape index (κ1) is 13.3. The molecule has 1 heterocycles. The second kappa shape index (κ2) is 6.17. The lowest BCUT2D eigenvalue weighted by Gasteiger charge is -2.48. The van der Waals surface area contributed by atoms with Gasteiger partial charge in [0.25, 0.3) is 0 Å². The molecule has 1 N–H and O–H groups in total. The zero-order chi connectivity index (χ0) is 12.3. The Balaban J connectivity index is 1.73. The van der Waals surface area contributed by atoms with Gasteiger partial charge in [-0.15, -0.1) is 0 Å². The van der Waals surface area contributed by atoms with Crippen molar-refractivity contribution in [1.29, 1.82) is 0 Å². The van der Waals surface area contributed by atoms with Gasteiger partial charge in [0.2, 0.25) is 0 Å². The van der Waals surface area contributed by atoms with Gasteiger partial charge in [0.15, 0.2) is 0 Å². The predicted molar refractivity (Wildman–Crippen MR) is 71.2 cm³/mol. The molecule has 2 rings (SSSR count). The van der Waals surface area contributed by atoms with Gasteiger partial charge in [0, 0.05) is 18.6 Å². The molecule has 1 aliphatic heterocycles. The molecule has 100 valence electrons. The average molecular weight is 240 g/mol. The largest absolute Gasteiger partial charge is 0.379 e. The Hall–Kier alpha value is -0.120. The Kier molecular flexibility index (Phi) is 4.83. The van der Waals surface area contributed by atoms with Crippen LogP contribution >= 0.6 is 0 Å².